The Kier molecular flexibility index (Phi) is 75.4. The number of hydrogen-bond acceptors (Lipinski definition) is 15. The van der Waals surface area contributed by atoms with E-state index >= 15 is 0 Å². The second-order valence-electron chi connectivity index (χ2n) is 30.7. The predicted octanol–water partition coefficient (Wildman–Crippen LogP) is 25.1. The molecule has 19 heteroatoms. The maximum Gasteiger partial charge on any atom is 0.484 e. The monoisotopic (exact) mass is 1610 g/mol. The van der Waals surface area contributed by atoms with Gasteiger partial charge in [0.05, 0.1) is 41.0 Å². The molecule has 0 aromatic carbocycles. The summed E-state index contributed by atoms with van der Waals surface area (Å²) in [5.41, 5.74) is 5.83. The van der Waals surface area contributed by atoms with E-state index in [2.05, 4.69) is 52.0 Å². The van der Waals surface area contributed by atoms with Gasteiger partial charge in [-0.15, -0.1) is 0 Å². The smallest absolute Gasteiger partial charge is 0.453 e. The van der Waals surface area contributed by atoms with Gasteiger partial charge in [-0.2, -0.15) is 4.31 Å². The number of rotatable bonds is 81. The van der Waals surface area contributed by atoms with Crippen LogP contribution in [-0.4, -0.2) is 123 Å². The van der Waals surface area contributed by atoms with Crippen LogP contribution >= 0.6 is 15.6 Å². The molecule has 0 spiro atoms. The first kappa shape index (κ1) is 107. The fourth-order valence-corrected chi connectivity index (χ4v) is 15.1. The summed E-state index contributed by atoms with van der Waals surface area (Å²) in [5, 5.41) is 11.0. The topological polar surface area (TPSA) is 234 Å². The summed E-state index contributed by atoms with van der Waals surface area (Å²) < 4.78 is 69.3. The molecule has 0 aromatic rings. The summed E-state index contributed by atoms with van der Waals surface area (Å²) in [6.07, 6.45) is 88.1. The van der Waals surface area contributed by atoms with E-state index < -0.39 is 83.4 Å². The number of nitrogens with zero attached hydrogens (tertiary/aromatic N) is 1. The van der Waals surface area contributed by atoms with E-state index in [0.29, 0.717) is 30.2 Å². The molecule has 0 aliphatic rings. The molecular weight excluding hydrogens is 1450 g/mol. The number of aliphatic hydroxyl groups is 1. The Morgan fingerprint density at radius 3 is 0.991 bits per heavy atom. The lowest BCUT2D eigenvalue weighted by Gasteiger charge is -2.31. The molecule has 0 radical (unpaired) electrons. The molecular formula is C93H161N2O15P2+. The lowest BCUT2D eigenvalue weighted by Crippen LogP contribution is -2.47. The number of esters is 2. The third kappa shape index (κ3) is 71.8. The third-order valence-corrected chi connectivity index (χ3v) is 22.2. The lowest BCUT2D eigenvalue weighted by atomic mass is 10.0. The third-order valence-electron chi connectivity index (χ3n) is 19.0. The first-order chi connectivity index (χ1) is 54.4. The average Bonchev–Trinajstić information content (AvgIpc) is 0.816. The number of quaternary nitrogens is 1. The number of carbonyl (C=O) groups excluding carboxylic acids is 4. The van der Waals surface area contributed by atoms with Crippen molar-refractivity contribution in [1.29, 1.82) is 0 Å². The fraction of sp³-hybridized carbons (Fsp3) is 0.699. The van der Waals surface area contributed by atoms with Gasteiger partial charge in [0, 0.05) is 31.5 Å². The summed E-state index contributed by atoms with van der Waals surface area (Å²) in [7, 11) is -5.21. The van der Waals surface area contributed by atoms with Gasteiger partial charge >= 0.3 is 27.6 Å². The molecule has 0 aliphatic carbocycles. The number of unbranched alkanes of at least 4 members (excludes halogenated alkanes) is 42. The summed E-state index contributed by atoms with van der Waals surface area (Å²) in [6, 6.07) is 0. The van der Waals surface area contributed by atoms with E-state index in [1.165, 1.54) is 211 Å². The number of phosphoric ester groups is 2. The van der Waals surface area contributed by atoms with Crippen LogP contribution < -0.4 is 5.73 Å². The molecule has 0 rings (SSSR count). The highest BCUT2D eigenvalue weighted by Crippen LogP contribution is 2.64. The average molecular weight is 1610 g/mol. The van der Waals surface area contributed by atoms with Crippen molar-refractivity contribution in [3.05, 3.63) is 146 Å². The summed E-state index contributed by atoms with van der Waals surface area (Å²) in [4.78, 5) is 68.5. The summed E-state index contributed by atoms with van der Waals surface area (Å²) in [6.45, 7) is 6.29. The van der Waals surface area contributed by atoms with Gasteiger partial charge in [-0.1, -0.05) is 418 Å². The number of ether oxygens (including phenoxy) is 3. The zero-order chi connectivity index (χ0) is 82.2. The number of aliphatic hydroxyl groups excluding tert-OH is 1. The van der Waals surface area contributed by atoms with Crippen molar-refractivity contribution in [1.82, 2.24) is 0 Å². The Balaban J connectivity index is 7.31. The molecule has 6 atom stereocenters. The zero-order valence-electron chi connectivity index (χ0n) is 71.5. The molecule has 0 saturated carbocycles. The molecule has 0 heterocycles. The van der Waals surface area contributed by atoms with Crippen molar-refractivity contribution in [2.45, 2.75) is 360 Å². The van der Waals surface area contributed by atoms with Crippen LogP contribution in [0.4, 0.5) is 0 Å². The van der Waals surface area contributed by atoms with Crippen molar-refractivity contribution in [3.8, 4) is 0 Å². The normalized spacial score (nSPS) is 15.0. The zero-order valence-corrected chi connectivity index (χ0v) is 73.3. The van der Waals surface area contributed by atoms with Gasteiger partial charge in [-0.05, 0) is 38.5 Å². The van der Waals surface area contributed by atoms with E-state index in [9.17, 15) is 38.3 Å². The number of likely N-dealkylation sites (N-methyl/N-ethyl adjacent to an activating group) is 1. The van der Waals surface area contributed by atoms with Gasteiger partial charge in [0.15, 0.2) is 36.0 Å². The van der Waals surface area contributed by atoms with Crippen molar-refractivity contribution < 1.29 is 74.9 Å². The second kappa shape index (κ2) is 78.8. The number of phosphoric acid groups is 2. The minimum Gasteiger partial charge on any atom is -0.453 e. The molecule has 0 amide bonds. The minimum atomic E-state index is -5.41. The van der Waals surface area contributed by atoms with Crippen LogP contribution in [0.2, 0.25) is 0 Å². The molecule has 17 nitrogen and oxygen atoms in total. The number of hydrogen-bond donors (Lipinski definition) is 3. The van der Waals surface area contributed by atoms with Crippen molar-refractivity contribution >= 4 is 39.2 Å². The van der Waals surface area contributed by atoms with Crippen molar-refractivity contribution in [2.24, 2.45) is 5.73 Å². The molecule has 0 bridgehead atoms. The van der Waals surface area contributed by atoms with E-state index in [1.807, 2.05) is 81.9 Å². The maximum atomic E-state index is 15.0. The molecule has 112 heavy (non-hydrogen) atoms. The Morgan fingerprint density at radius 2 is 0.670 bits per heavy atom. The van der Waals surface area contributed by atoms with Crippen molar-refractivity contribution in [2.75, 3.05) is 60.7 Å². The standard InChI is InChI=1S/C93H160N2O15P2/c1-8-12-16-20-24-28-32-36-40-42-44-46-50-54-58-62-66-70-74-78-90(99)107-88(84-96)92(86(97)76-72-68-64-60-56-52-48-38-34-30-26-22-18-14-10-3)104-85-89(108-91(100)79-75-71-67-63-59-55-51-47-45-43-41-37-33-29-25-21-17-13-9-2)93(109-112(103,106-82-80-94)110-111(101,102)105-83-81-95(5,6)7)87(98)77-73-69-65-61-57-53-49-39-35-31-27-23-19-15-11-4/h40-47,50-51,54-55,58-59,62-63,66-67,70-71,74-75,78-79,88-89,92-93,96H,8-39,48-49,52-53,56-57,60-61,64-65,68-69,72-73,76-77,80-85,94H2,1-7H3/p+1/t88-,89-,92?,93?,112?/m0/s1. The second-order valence-corrected chi connectivity index (χ2v) is 33.9. The van der Waals surface area contributed by atoms with Crippen LogP contribution in [-0.2, 0) is 60.4 Å². The van der Waals surface area contributed by atoms with Crippen LogP contribution in [0.3, 0.4) is 0 Å². The number of Topliss-reactive ketones (excluding diaryl/α,β-unsaturated/α-hetero) is 2. The van der Waals surface area contributed by atoms with Gasteiger partial charge in [0.2, 0.25) is 0 Å². The highest BCUT2D eigenvalue weighted by molar-refractivity contribution is 7.61. The van der Waals surface area contributed by atoms with Crippen LogP contribution in [0.5, 0.6) is 0 Å². The van der Waals surface area contributed by atoms with Crippen LogP contribution in [0.15, 0.2) is 146 Å². The van der Waals surface area contributed by atoms with Gasteiger partial charge in [0.25, 0.3) is 0 Å². The Morgan fingerprint density at radius 1 is 0.375 bits per heavy atom. The van der Waals surface area contributed by atoms with Gasteiger partial charge < -0.3 is 34.4 Å². The molecule has 0 saturated heterocycles. The maximum absolute atomic E-state index is 15.0. The first-order valence-electron chi connectivity index (χ1n) is 44.2. The minimum absolute atomic E-state index is 0.0484. The number of ketones is 2. The number of nitrogens with two attached hydrogens (primary N) is 1. The van der Waals surface area contributed by atoms with Crippen LogP contribution in [0.1, 0.15) is 336 Å². The van der Waals surface area contributed by atoms with E-state index in [1.54, 1.807) is 36.5 Å². The fourth-order valence-electron chi connectivity index (χ4n) is 12.4. The summed E-state index contributed by atoms with van der Waals surface area (Å²) in [5.74, 6) is -3.25. The molecule has 642 valence electrons. The van der Waals surface area contributed by atoms with E-state index in [-0.39, 0.29) is 32.5 Å². The van der Waals surface area contributed by atoms with Crippen LogP contribution in [0, 0.1) is 0 Å². The quantitative estimate of drug-likeness (QED) is 0.0128. The highest BCUT2D eigenvalue weighted by atomic mass is 31.3. The largest absolute Gasteiger partial charge is 0.484 e. The number of allylic oxidation sites excluding steroid dienone is 22. The van der Waals surface area contributed by atoms with Crippen LogP contribution in [0.25, 0.3) is 0 Å². The molecule has 0 aromatic heterocycles. The number of carbonyl (C=O) groups is 4. The van der Waals surface area contributed by atoms with Crippen molar-refractivity contribution in [3.63, 3.8) is 0 Å². The highest BCUT2D eigenvalue weighted by Gasteiger charge is 2.46. The Bertz CT molecular complexity index is 2760. The van der Waals surface area contributed by atoms with Gasteiger partial charge in [0.1, 0.15) is 13.2 Å². The molecule has 4 unspecified atom stereocenters. The molecule has 0 aliphatic heterocycles. The van der Waals surface area contributed by atoms with Gasteiger partial charge in [-0.25, -0.2) is 18.7 Å². The molecule has 0 fully saturated rings. The Labute approximate surface area is 682 Å². The molecule has 4 N–H and O–H groups in total. The van der Waals surface area contributed by atoms with Gasteiger partial charge in [-0.3, -0.25) is 23.2 Å². The van der Waals surface area contributed by atoms with E-state index in [4.69, 9.17) is 37.8 Å². The first-order valence-corrected chi connectivity index (χ1v) is 47.2. The predicted molar refractivity (Wildman–Crippen MR) is 468 cm³/mol. The van der Waals surface area contributed by atoms with E-state index in [0.717, 1.165) is 82.8 Å². The lowest BCUT2D eigenvalue weighted by molar-refractivity contribution is -0.870. The SMILES string of the molecule is CCCCCCCCCC=CC=CC=CC=CC=CC=CC(=O)O[C@@H](CO)C(OC[C@H](OC(=O)C=CC=CC=CC=CC=CC=CCCCCCCCCC)C(OP(=O)(OCCN)OP(=O)(O)OCC[N+](C)(C)C)C(=O)CCCCCCCCCCCCCCCCC)C(=O)CCCCCCCCCCCCCCCCC. The summed E-state index contributed by atoms with van der Waals surface area (Å²) >= 11 is 0. The Hall–Kier alpha value is -4.74.